The van der Waals surface area contributed by atoms with Gasteiger partial charge in [0.2, 0.25) is 0 Å². The standard InChI is InChI=1S/C26H35N5O.HI/c1-27-26(31-18-16-29(17-19-31)21-23-8-4-2-5-9-23)28-20-22-10-12-24(13-11-22)25(32)30-14-6-3-7-15-30;/h2,4-5,8-13H,3,6-7,14-21H2,1H3,(H,27,28);1H. The minimum absolute atomic E-state index is 0. The van der Waals surface area contributed by atoms with Crippen LogP contribution in [-0.2, 0) is 13.1 Å². The second-order valence-electron chi connectivity index (χ2n) is 8.70. The summed E-state index contributed by atoms with van der Waals surface area (Å²) in [5, 5.41) is 3.49. The maximum absolute atomic E-state index is 12.7. The lowest BCUT2D eigenvalue weighted by Gasteiger charge is -2.36. The molecule has 0 atom stereocenters. The SMILES string of the molecule is CN=C(NCc1ccc(C(=O)N2CCCCC2)cc1)N1CCN(Cc2ccccc2)CC1.I. The molecule has 2 fully saturated rings. The van der Waals surface area contributed by atoms with E-state index in [1.807, 2.05) is 24.1 Å². The maximum atomic E-state index is 12.7. The molecule has 2 aromatic carbocycles. The molecule has 2 heterocycles. The first-order chi connectivity index (χ1) is 15.7. The number of hydrogen-bond donors (Lipinski definition) is 1. The summed E-state index contributed by atoms with van der Waals surface area (Å²) in [6, 6.07) is 18.7. The Kier molecular flexibility index (Phi) is 9.99. The highest BCUT2D eigenvalue weighted by Crippen LogP contribution is 2.14. The predicted octanol–water partition coefficient (Wildman–Crippen LogP) is 3.82. The quantitative estimate of drug-likeness (QED) is 0.343. The number of aliphatic imine (C=N–C) groups is 1. The van der Waals surface area contributed by atoms with Gasteiger partial charge in [-0.3, -0.25) is 14.7 Å². The van der Waals surface area contributed by atoms with Gasteiger partial charge in [-0.05, 0) is 42.5 Å². The molecule has 178 valence electrons. The number of halogens is 1. The molecular formula is C26H36IN5O. The molecule has 0 aliphatic carbocycles. The van der Waals surface area contributed by atoms with Crippen molar-refractivity contribution in [1.29, 1.82) is 0 Å². The molecule has 1 N–H and O–H groups in total. The fourth-order valence-corrected chi connectivity index (χ4v) is 4.52. The van der Waals surface area contributed by atoms with Crippen molar-refractivity contribution in [3.8, 4) is 0 Å². The van der Waals surface area contributed by atoms with E-state index in [0.717, 1.165) is 75.7 Å². The lowest BCUT2D eigenvalue weighted by Crippen LogP contribution is -2.52. The molecule has 0 unspecified atom stereocenters. The predicted molar refractivity (Wildman–Crippen MR) is 145 cm³/mol. The highest BCUT2D eigenvalue weighted by atomic mass is 127. The van der Waals surface area contributed by atoms with E-state index in [-0.39, 0.29) is 29.9 Å². The van der Waals surface area contributed by atoms with Gasteiger partial charge in [-0.1, -0.05) is 42.5 Å². The van der Waals surface area contributed by atoms with Gasteiger partial charge in [-0.25, -0.2) is 0 Å². The van der Waals surface area contributed by atoms with Gasteiger partial charge in [0.15, 0.2) is 5.96 Å². The minimum atomic E-state index is 0. The van der Waals surface area contributed by atoms with Crippen molar-refractivity contribution < 1.29 is 4.79 Å². The Balaban J connectivity index is 0.00000306. The van der Waals surface area contributed by atoms with Crippen molar-refractivity contribution in [3.05, 3.63) is 71.3 Å². The second-order valence-corrected chi connectivity index (χ2v) is 8.70. The zero-order chi connectivity index (χ0) is 22.2. The van der Waals surface area contributed by atoms with Gasteiger partial charge in [-0.15, -0.1) is 24.0 Å². The van der Waals surface area contributed by atoms with Crippen LogP contribution >= 0.6 is 24.0 Å². The molecule has 0 radical (unpaired) electrons. The van der Waals surface area contributed by atoms with Crippen LogP contribution < -0.4 is 5.32 Å². The number of rotatable bonds is 5. The molecule has 0 spiro atoms. The molecule has 4 rings (SSSR count). The highest BCUT2D eigenvalue weighted by Gasteiger charge is 2.20. The number of piperazine rings is 1. The zero-order valence-corrected chi connectivity index (χ0v) is 21.9. The molecule has 33 heavy (non-hydrogen) atoms. The summed E-state index contributed by atoms with van der Waals surface area (Å²) in [7, 11) is 1.85. The molecule has 6 nitrogen and oxygen atoms in total. The minimum Gasteiger partial charge on any atom is -0.352 e. The van der Waals surface area contributed by atoms with E-state index in [1.54, 1.807) is 0 Å². The fraction of sp³-hybridized carbons (Fsp3) is 0.462. The first-order valence-electron chi connectivity index (χ1n) is 11.8. The van der Waals surface area contributed by atoms with Gasteiger partial charge < -0.3 is 15.1 Å². The maximum Gasteiger partial charge on any atom is 0.253 e. The number of carbonyl (C=O) groups excluding carboxylic acids is 1. The van der Waals surface area contributed by atoms with E-state index in [2.05, 4.69) is 62.6 Å². The molecule has 0 aromatic heterocycles. The molecule has 7 heteroatoms. The molecule has 2 aliphatic rings. The van der Waals surface area contributed by atoms with Crippen LogP contribution in [0, 0.1) is 0 Å². The summed E-state index contributed by atoms with van der Waals surface area (Å²) in [5.74, 6) is 1.10. The Bertz CT molecular complexity index is 889. The number of guanidine groups is 1. The van der Waals surface area contributed by atoms with Crippen molar-refractivity contribution in [2.24, 2.45) is 4.99 Å². The van der Waals surface area contributed by atoms with Crippen LogP contribution in [0.15, 0.2) is 59.6 Å². The number of piperidine rings is 1. The van der Waals surface area contributed by atoms with E-state index in [4.69, 9.17) is 0 Å². The number of carbonyl (C=O) groups is 1. The number of hydrogen-bond acceptors (Lipinski definition) is 3. The van der Waals surface area contributed by atoms with Gasteiger partial charge in [0.25, 0.3) is 5.91 Å². The first-order valence-corrected chi connectivity index (χ1v) is 11.8. The lowest BCUT2D eigenvalue weighted by molar-refractivity contribution is 0.0724. The van der Waals surface area contributed by atoms with E-state index in [9.17, 15) is 4.79 Å². The lowest BCUT2D eigenvalue weighted by atomic mass is 10.1. The topological polar surface area (TPSA) is 51.2 Å². The van der Waals surface area contributed by atoms with Gasteiger partial charge >= 0.3 is 0 Å². The number of likely N-dealkylation sites (tertiary alicyclic amines) is 1. The molecular weight excluding hydrogens is 525 g/mol. The Morgan fingerprint density at radius 3 is 2.12 bits per heavy atom. The molecule has 2 aromatic rings. The van der Waals surface area contributed by atoms with Crippen LogP contribution in [0.25, 0.3) is 0 Å². The fourth-order valence-electron chi connectivity index (χ4n) is 4.52. The van der Waals surface area contributed by atoms with E-state index in [1.165, 1.54) is 12.0 Å². The van der Waals surface area contributed by atoms with Gasteiger partial charge in [-0.2, -0.15) is 0 Å². The van der Waals surface area contributed by atoms with Crippen molar-refractivity contribution in [2.45, 2.75) is 32.4 Å². The number of benzene rings is 2. The third kappa shape index (κ3) is 7.17. The third-order valence-corrected chi connectivity index (χ3v) is 6.43. The van der Waals surface area contributed by atoms with Gasteiger partial charge in [0, 0.05) is 65.0 Å². The Labute approximate surface area is 215 Å². The average molecular weight is 562 g/mol. The summed E-state index contributed by atoms with van der Waals surface area (Å²) in [6.45, 7) is 7.48. The number of amides is 1. The average Bonchev–Trinajstić information content (AvgIpc) is 2.86. The normalized spacial score (nSPS) is 17.4. The molecule has 0 bridgehead atoms. The Morgan fingerprint density at radius 1 is 0.818 bits per heavy atom. The second kappa shape index (κ2) is 12.9. The molecule has 2 aliphatic heterocycles. The van der Waals surface area contributed by atoms with Crippen LogP contribution in [0.5, 0.6) is 0 Å². The summed E-state index contributed by atoms with van der Waals surface area (Å²) in [6.07, 6.45) is 3.47. The van der Waals surface area contributed by atoms with Crippen molar-refractivity contribution in [2.75, 3.05) is 46.3 Å². The molecule has 2 saturated heterocycles. The van der Waals surface area contributed by atoms with Crippen LogP contribution in [0.4, 0.5) is 0 Å². The summed E-state index contributed by atoms with van der Waals surface area (Å²) >= 11 is 0. The van der Waals surface area contributed by atoms with Crippen LogP contribution in [0.2, 0.25) is 0 Å². The number of nitrogens with zero attached hydrogens (tertiary/aromatic N) is 4. The van der Waals surface area contributed by atoms with Crippen molar-refractivity contribution >= 4 is 35.8 Å². The number of nitrogens with one attached hydrogen (secondary N) is 1. The summed E-state index contributed by atoms with van der Waals surface area (Å²) in [4.78, 5) is 24.0. The Morgan fingerprint density at radius 2 is 1.48 bits per heavy atom. The largest absolute Gasteiger partial charge is 0.352 e. The smallest absolute Gasteiger partial charge is 0.253 e. The Hall–Kier alpha value is -2.13. The third-order valence-electron chi connectivity index (χ3n) is 6.43. The summed E-state index contributed by atoms with van der Waals surface area (Å²) in [5.41, 5.74) is 3.31. The van der Waals surface area contributed by atoms with E-state index < -0.39 is 0 Å². The van der Waals surface area contributed by atoms with Gasteiger partial charge in [0.1, 0.15) is 0 Å². The van der Waals surface area contributed by atoms with Crippen molar-refractivity contribution in [3.63, 3.8) is 0 Å². The van der Waals surface area contributed by atoms with Crippen LogP contribution in [0.3, 0.4) is 0 Å². The first kappa shape index (κ1) is 25.5. The molecule has 1 amide bonds. The van der Waals surface area contributed by atoms with E-state index in [0.29, 0.717) is 6.54 Å². The highest BCUT2D eigenvalue weighted by molar-refractivity contribution is 14.0. The van der Waals surface area contributed by atoms with Crippen LogP contribution in [0.1, 0.15) is 40.7 Å². The summed E-state index contributed by atoms with van der Waals surface area (Å²) < 4.78 is 0. The van der Waals surface area contributed by atoms with Crippen LogP contribution in [-0.4, -0.2) is 72.9 Å². The molecule has 0 saturated carbocycles. The zero-order valence-electron chi connectivity index (χ0n) is 19.6. The van der Waals surface area contributed by atoms with Gasteiger partial charge in [0.05, 0.1) is 0 Å². The van der Waals surface area contributed by atoms with Crippen molar-refractivity contribution in [1.82, 2.24) is 20.0 Å². The van der Waals surface area contributed by atoms with E-state index >= 15 is 0 Å². The monoisotopic (exact) mass is 561 g/mol.